The number of hydrogen-bond acceptors (Lipinski definition) is 3. The summed E-state index contributed by atoms with van der Waals surface area (Å²) in [7, 11) is 2.07. The number of ether oxygens (including phenoxy) is 1. The van der Waals surface area contributed by atoms with Gasteiger partial charge in [0.25, 0.3) is 0 Å². The van der Waals surface area contributed by atoms with Crippen molar-refractivity contribution in [3.63, 3.8) is 0 Å². The zero-order valence-corrected chi connectivity index (χ0v) is 10.5. The molecule has 1 N–H and O–H groups in total. The van der Waals surface area contributed by atoms with Gasteiger partial charge >= 0.3 is 0 Å². The van der Waals surface area contributed by atoms with E-state index in [2.05, 4.69) is 23.1 Å². The van der Waals surface area contributed by atoms with Gasteiger partial charge in [0.05, 0.1) is 11.4 Å². The Morgan fingerprint density at radius 1 is 1.35 bits per heavy atom. The molecule has 1 atom stereocenters. The third-order valence-electron chi connectivity index (χ3n) is 3.99. The maximum atomic E-state index is 5.41. The smallest absolute Gasteiger partial charge is 0.0660 e. The van der Waals surface area contributed by atoms with Crippen LogP contribution in [-0.2, 0) is 11.8 Å². The van der Waals surface area contributed by atoms with E-state index in [9.17, 15) is 0 Å². The molecule has 0 aliphatic carbocycles. The lowest BCUT2D eigenvalue weighted by Crippen LogP contribution is -2.16. The van der Waals surface area contributed by atoms with Gasteiger partial charge in [-0.25, -0.2) is 0 Å². The Morgan fingerprint density at radius 2 is 2.18 bits per heavy atom. The normalized spacial score (nSPS) is 26.5. The number of nitrogens with zero attached hydrogens (tertiary/aromatic N) is 2. The molecule has 0 aromatic carbocycles. The second-order valence-corrected chi connectivity index (χ2v) is 5.15. The predicted octanol–water partition coefficient (Wildman–Crippen LogP) is 1.74. The zero-order valence-electron chi connectivity index (χ0n) is 10.5. The Morgan fingerprint density at radius 3 is 2.88 bits per heavy atom. The minimum atomic E-state index is 0.515. The van der Waals surface area contributed by atoms with E-state index < -0.39 is 0 Å². The molecule has 2 saturated heterocycles. The lowest BCUT2D eigenvalue weighted by molar-refractivity contribution is 0.0844. The number of aryl methyl sites for hydroxylation is 1. The molecule has 2 aliphatic heterocycles. The van der Waals surface area contributed by atoms with Crippen LogP contribution in [0.2, 0.25) is 0 Å². The van der Waals surface area contributed by atoms with Crippen molar-refractivity contribution in [3.05, 3.63) is 17.5 Å². The molecule has 2 aliphatic rings. The summed E-state index contributed by atoms with van der Waals surface area (Å²) in [6, 6.07) is 2.82. The van der Waals surface area contributed by atoms with E-state index in [0.717, 1.165) is 32.6 Å². The quantitative estimate of drug-likeness (QED) is 0.848. The van der Waals surface area contributed by atoms with Gasteiger partial charge in [-0.3, -0.25) is 4.68 Å². The molecule has 4 nitrogen and oxygen atoms in total. The third-order valence-corrected chi connectivity index (χ3v) is 3.99. The molecule has 3 rings (SSSR count). The van der Waals surface area contributed by atoms with E-state index in [4.69, 9.17) is 9.84 Å². The van der Waals surface area contributed by atoms with Gasteiger partial charge < -0.3 is 10.1 Å². The lowest BCUT2D eigenvalue weighted by atomic mass is 9.96. The third kappa shape index (κ3) is 2.24. The van der Waals surface area contributed by atoms with E-state index in [1.807, 2.05) is 0 Å². The first-order chi connectivity index (χ1) is 8.34. The van der Waals surface area contributed by atoms with E-state index >= 15 is 0 Å². The highest BCUT2D eigenvalue weighted by atomic mass is 16.5. The second-order valence-electron chi connectivity index (χ2n) is 5.15. The Bertz CT molecular complexity index is 376. The highest BCUT2D eigenvalue weighted by Gasteiger charge is 2.24. The molecule has 4 heteroatoms. The molecule has 0 spiro atoms. The summed E-state index contributed by atoms with van der Waals surface area (Å²) < 4.78 is 7.47. The van der Waals surface area contributed by atoms with Crippen molar-refractivity contribution in [1.29, 1.82) is 0 Å². The Labute approximate surface area is 102 Å². The summed E-state index contributed by atoms with van der Waals surface area (Å²) in [6.45, 7) is 2.92. The maximum absolute atomic E-state index is 5.41. The Balaban J connectivity index is 1.79. The van der Waals surface area contributed by atoms with Gasteiger partial charge in [0.15, 0.2) is 0 Å². The van der Waals surface area contributed by atoms with Crippen LogP contribution in [0.15, 0.2) is 6.07 Å². The van der Waals surface area contributed by atoms with Gasteiger partial charge in [0.1, 0.15) is 0 Å². The van der Waals surface area contributed by atoms with Crippen molar-refractivity contribution in [3.8, 4) is 0 Å². The van der Waals surface area contributed by atoms with Crippen LogP contribution in [0.4, 0.5) is 0 Å². The van der Waals surface area contributed by atoms with Crippen LogP contribution < -0.4 is 5.32 Å². The molecule has 0 bridgehead atoms. The molecular weight excluding hydrogens is 214 g/mol. The second kappa shape index (κ2) is 4.78. The highest BCUT2D eigenvalue weighted by Crippen LogP contribution is 2.29. The van der Waals surface area contributed by atoms with E-state index in [1.54, 1.807) is 0 Å². The first kappa shape index (κ1) is 11.2. The van der Waals surface area contributed by atoms with Crippen LogP contribution >= 0.6 is 0 Å². The summed E-state index contributed by atoms with van der Waals surface area (Å²) in [5.74, 6) is 0.602. The lowest BCUT2D eigenvalue weighted by Gasteiger charge is -2.19. The minimum Gasteiger partial charge on any atom is -0.381 e. The van der Waals surface area contributed by atoms with Crippen LogP contribution in [0.1, 0.15) is 49.0 Å². The first-order valence-corrected chi connectivity index (χ1v) is 6.69. The Kier molecular flexibility index (Phi) is 3.16. The molecule has 94 valence electrons. The minimum absolute atomic E-state index is 0.515. The van der Waals surface area contributed by atoms with Crippen LogP contribution in [0, 0.1) is 0 Å². The van der Waals surface area contributed by atoms with Gasteiger partial charge in [-0.15, -0.1) is 0 Å². The van der Waals surface area contributed by atoms with Crippen molar-refractivity contribution in [2.24, 2.45) is 7.05 Å². The summed E-state index contributed by atoms with van der Waals surface area (Å²) in [5.41, 5.74) is 2.61. The van der Waals surface area contributed by atoms with Gasteiger partial charge in [0, 0.05) is 32.2 Å². The molecule has 1 aromatic rings. The first-order valence-electron chi connectivity index (χ1n) is 6.69. The molecule has 0 saturated carbocycles. The summed E-state index contributed by atoms with van der Waals surface area (Å²) >= 11 is 0. The van der Waals surface area contributed by atoms with Gasteiger partial charge in [-0.1, -0.05) is 0 Å². The van der Waals surface area contributed by atoms with Crippen molar-refractivity contribution in [2.75, 3.05) is 19.8 Å². The van der Waals surface area contributed by atoms with Crippen LogP contribution in [0.5, 0.6) is 0 Å². The van der Waals surface area contributed by atoms with Crippen molar-refractivity contribution in [2.45, 2.75) is 37.6 Å². The number of aromatic nitrogens is 2. The standard InChI is InChI=1S/C13H21N3O/c1-16-13(11-3-2-6-14-11)9-12(15-16)10-4-7-17-8-5-10/h9-11,14H,2-8H2,1H3. The summed E-state index contributed by atoms with van der Waals surface area (Å²) in [4.78, 5) is 0. The fourth-order valence-electron chi connectivity index (χ4n) is 2.96. The molecule has 0 amide bonds. The average Bonchev–Trinajstić information content (AvgIpc) is 2.99. The fourth-order valence-corrected chi connectivity index (χ4v) is 2.96. The molecule has 17 heavy (non-hydrogen) atoms. The fraction of sp³-hybridized carbons (Fsp3) is 0.769. The molecule has 0 radical (unpaired) electrons. The van der Waals surface area contributed by atoms with Crippen LogP contribution in [0.25, 0.3) is 0 Å². The van der Waals surface area contributed by atoms with Crippen molar-refractivity contribution >= 4 is 0 Å². The van der Waals surface area contributed by atoms with E-state index in [-0.39, 0.29) is 0 Å². The summed E-state index contributed by atoms with van der Waals surface area (Å²) in [5, 5.41) is 8.24. The molecule has 1 aromatic heterocycles. The molecule has 3 heterocycles. The maximum Gasteiger partial charge on any atom is 0.0660 e. The predicted molar refractivity (Wildman–Crippen MR) is 66.0 cm³/mol. The van der Waals surface area contributed by atoms with E-state index in [1.165, 1.54) is 24.2 Å². The number of nitrogens with one attached hydrogen (secondary N) is 1. The highest BCUT2D eigenvalue weighted by molar-refractivity contribution is 5.18. The monoisotopic (exact) mass is 235 g/mol. The van der Waals surface area contributed by atoms with Crippen molar-refractivity contribution < 1.29 is 4.74 Å². The van der Waals surface area contributed by atoms with Crippen molar-refractivity contribution in [1.82, 2.24) is 15.1 Å². The van der Waals surface area contributed by atoms with Crippen LogP contribution in [-0.4, -0.2) is 29.5 Å². The average molecular weight is 235 g/mol. The molecular formula is C13H21N3O. The molecule has 1 unspecified atom stereocenters. The van der Waals surface area contributed by atoms with Crippen LogP contribution in [0.3, 0.4) is 0 Å². The number of rotatable bonds is 2. The Hall–Kier alpha value is -0.870. The van der Waals surface area contributed by atoms with Gasteiger partial charge in [-0.05, 0) is 38.3 Å². The number of hydrogen-bond donors (Lipinski definition) is 1. The van der Waals surface area contributed by atoms with Gasteiger partial charge in [-0.2, -0.15) is 5.10 Å². The largest absolute Gasteiger partial charge is 0.381 e. The summed E-state index contributed by atoms with van der Waals surface area (Å²) in [6.07, 6.45) is 4.76. The SMILES string of the molecule is Cn1nc(C2CCOCC2)cc1C1CCCN1. The zero-order chi connectivity index (χ0) is 11.7. The topological polar surface area (TPSA) is 39.1 Å². The van der Waals surface area contributed by atoms with Gasteiger partial charge in [0.2, 0.25) is 0 Å². The van der Waals surface area contributed by atoms with E-state index in [0.29, 0.717) is 12.0 Å². The molecule has 2 fully saturated rings.